The number of fused-ring (bicyclic) bond motifs is 1. The van der Waals surface area contributed by atoms with Crippen molar-refractivity contribution >= 4 is 5.71 Å². The molecule has 0 atom stereocenters. The zero-order valence-electron chi connectivity index (χ0n) is 6.06. The minimum atomic E-state index is 0.992. The fraction of sp³-hybridized carbons (Fsp3) is 0.625. The van der Waals surface area contributed by atoms with Crippen molar-refractivity contribution in [2.45, 2.75) is 12.8 Å². The second-order valence-electron chi connectivity index (χ2n) is 2.79. The van der Waals surface area contributed by atoms with Gasteiger partial charge in [0.2, 0.25) is 0 Å². The van der Waals surface area contributed by atoms with Crippen LogP contribution in [-0.4, -0.2) is 25.3 Å². The molecular formula is C8H12N2. The summed E-state index contributed by atoms with van der Waals surface area (Å²) in [5.74, 6) is 0. The van der Waals surface area contributed by atoms with Gasteiger partial charge in [0, 0.05) is 19.6 Å². The summed E-state index contributed by atoms with van der Waals surface area (Å²) >= 11 is 0. The molecule has 2 heteroatoms. The van der Waals surface area contributed by atoms with Gasteiger partial charge in [0.05, 0.1) is 5.71 Å². The maximum Gasteiger partial charge on any atom is 0.0515 e. The lowest BCUT2D eigenvalue weighted by Crippen LogP contribution is -2.31. The molecule has 0 amide bonds. The van der Waals surface area contributed by atoms with Crippen LogP contribution in [0.25, 0.3) is 0 Å². The normalized spacial score (nSPS) is 24.8. The van der Waals surface area contributed by atoms with E-state index in [1.807, 2.05) is 0 Å². The third kappa shape index (κ3) is 0.991. The Bertz CT molecular complexity index is 169. The topological polar surface area (TPSA) is 24.4 Å². The minimum Gasteiger partial charge on any atom is -0.308 e. The van der Waals surface area contributed by atoms with E-state index in [2.05, 4.69) is 16.4 Å². The zero-order valence-corrected chi connectivity index (χ0v) is 6.06. The molecule has 0 unspecified atom stereocenters. The maximum atomic E-state index is 4.44. The predicted molar refractivity (Wildman–Crippen MR) is 42.5 cm³/mol. The fourth-order valence-electron chi connectivity index (χ4n) is 1.50. The van der Waals surface area contributed by atoms with E-state index in [1.165, 1.54) is 24.1 Å². The Labute approximate surface area is 61.0 Å². The largest absolute Gasteiger partial charge is 0.308 e. The molecule has 0 saturated carbocycles. The molecule has 0 saturated heterocycles. The zero-order chi connectivity index (χ0) is 6.81. The summed E-state index contributed by atoms with van der Waals surface area (Å²) in [5, 5.41) is 3.28. The molecule has 0 aliphatic carbocycles. The third-order valence-electron chi connectivity index (χ3n) is 2.06. The quantitative estimate of drug-likeness (QED) is 0.522. The highest BCUT2D eigenvalue weighted by atomic mass is 14.9. The van der Waals surface area contributed by atoms with Crippen LogP contribution in [0.1, 0.15) is 12.8 Å². The lowest BCUT2D eigenvalue weighted by Gasteiger charge is -2.20. The Morgan fingerprint density at radius 1 is 1.50 bits per heavy atom. The van der Waals surface area contributed by atoms with E-state index in [9.17, 15) is 0 Å². The summed E-state index contributed by atoms with van der Waals surface area (Å²) in [4.78, 5) is 4.44. The minimum absolute atomic E-state index is 0.992. The van der Waals surface area contributed by atoms with Crippen LogP contribution in [-0.2, 0) is 0 Å². The Morgan fingerprint density at radius 3 is 3.40 bits per heavy atom. The molecule has 2 nitrogen and oxygen atoms in total. The highest BCUT2D eigenvalue weighted by molar-refractivity contribution is 6.02. The average molecular weight is 136 g/mol. The summed E-state index contributed by atoms with van der Waals surface area (Å²) in [6, 6.07) is 0. The molecule has 0 aromatic heterocycles. The first-order chi connectivity index (χ1) is 4.97. The van der Waals surface area contributed by atoms with Crippen molar-refractivity contribution in [3.05, 3.63) is 11.6 Å². The molecule has 2 rings (SSSR count). The molecule has 0 fully saturated rings. The van der Waals surface area contributed by atoms with Gasteiger partial charge in [-0.3, -0.25) is 4.99 Å². The standard InChI is InChI=1S/C8H12N2/c1-2-7-3-5-9-6-8(7)10-4-1/h3,9H,1-2,4-6H2. The molecule has 10 heavy (non-hydrogen) atoms. The van der Waals surface area contributed by atoms with E-state index in [0.29, 0.717) is 0 Å². The molecule has 2 aliphatic rings. The molecule has 0 bridgehead atoms. The van der Waals surface area contributed by atoms with Crippen LogP contribution >= 0.6 is 0 Å². The van der Waals surface area contributed by atoms with Crippen LogP contribution in [0.2, 0.25) is 0 Å². The second-order valence-corrected chi connectivity index (χ2v) is 2.79. The number of rotatable bonds is 0. The lowest BCUT2D eigenvalue weighted by molar-refractivity contribution is 0.757. The monoisotopic (exact) mass is 136 g/mol. The van der Waals surface area contributed by atoms with E-state index >= 15 is 0 Å². The number of aliphatic imine (C=N–C) groups is 1. The first-order valence-corrected chi connectivity index (χ1v) is 3.90. The number of nitrogens with one attached hydrogen (secondary N) is 1. The Kier molecular flexibility index (Phi) is 1.55. The van der Waals surface area contributed by atoms with Crippen LogP contribution in [0.4, 0.5) is 0 Å². The summed E-state index contributed by atoms with van der Waals surface area (Å²) in [6.45, 7) is 3.06. The number of hydrogen-bond donors (Lipinski definition) is 1. The van der Waals surface area contributed by atoms with Crippen LogP contribution in [0.3, 0.4) is 0 Å². The molecular weight excluding hydrogens is 124 g/mol. The van der Waals surface area contributed by atoms with Gasteiger partial charge in [-0.25, -0.2) is 0 Å². The smallest absolute Gasteiger partial charge is 0.0515 e. The van der Waals surface area contributed by atoms with E-state index in [1.54, 1.807) is 0 Å². The van der Waals surface area contributed by atoms with Crippen LogP contribution in [0.5, 0.6) is 0 Å². The van der Waals surface area contributed by atoms with E-state index < -0.39 is 0 Å². The van der Waals surface area contributed by atoms with Gasteiger partial charge in [0.1, 0.15) is 0 Å². The Balaban J connectivity index is 2.25. The number of nitrogens with zero attached hydrogens (tertiary/aromatic N) is 1. The van der Waals surface area contributed by atoms with Crippen molar-refractivity contribution in [1.82, 2.24) is 5.32 Å². The summed E-state index contributed by atoms with van der Waals surface area (Å²) in [7, 11) is 0. The van der Waals surface area contributed by atoms with E-state index in [4.69, 9.17) is 0 Å². The van der Waals surface area contributed by atoms with Crippen LogP contribution < -0.4 is 5.32 Å². The maximum absolute atomic E-state index is 4.44. The van der Waals surface area contributed by atoms with Gasteiger partial charge >= 0.3 is 0 Å². The molecule has 0 spiro atoms. The first kappa shape index (κ1) is 6.10. The van der Waals surface area contributed by atoms with Gasteiger partial charge in [-0.2, -0.15) is 0 Å². The summed E-state index contributed by atoms with van der Waals surface area (Å²) < 4.78 is 0. The Hall–Kier alpha value is -0.630. The Morgan fingerprint density at radius 2 is 2.50 bits per heavy atom. The molecule has 54 valence electrons. The molecule has 0 radical (unpaired) electrons. The van der Waals surface area contributed by atoms with Crippen molar-refractivity contribution < 1.29 is 0 Å². The highest BCUT2D eigenvalue weighted by Gasteiger charge is 2.13. The summed E-state index contributed by atoms with van der Waals surface area (Å²) in [6.07, 6.45) is 4.76. The van der Waals surface area contributed by atoms with Gasteiger partial charge in [0.15, 0.2) is 0 Å². The van der Waals surface area contributed by atoms with E-state index in [0.717, 1.165) is 19.6 Å². The first-order valence-electron chi connectivity index (χ1n) is 3.90. The van der Waals surface area contributed by atoms with Crippen molar-refractivity contribution in [1.29, 1.82) is 0 Å². The van der Waals surface area contributed by atoms with Gasteiger partial charge in [-0.05, 0) is 18.4 Å². The van der Waals surface area contributed by atoms with Gasteiger partial charge in [0.25, 0.3) is 0 Å². The fourth-order valence-corrected chi connectivity index (χ4v) is 1.50. The van der Waals surface area contributed by atoms with Crippen molar-refractivity contribution in [3.63, 3.8) is 0 Å². The van der Waals surface area contributed by atoms with Crippen LogP contribution in [0.15, 0.2) is 16.6 Å². The van der Waals surface area contributed by atoms with Crippen LogP contribution in [0, 0.1) is 0 Å². The van der Waals surface area contributed by atoms with Crippen molar-refractivity contribution in [3.8, 4) is 0 Å². The average Bonchev–Trinajstić information content (AvgIpc) is 2.05. The predicted octanol–water partition coefficient (Wildman–Crippen LogP) is 0.751. The molecule has 0 aromatic rings. The molecule has 2 heterocycles. The SMILES string of the molecule is C1=C2CCCN=C2CNC1. The highest BCUT2D eigenvalue weighted by Crippen LogP contribution is 2.14. The molecule has 2 aliphatic heterocycles. The van der Waals surface area contributed by atoms with Crippen molar-refractivity contribution in [2.75, 3.05) is 19.6 Å². The summed E-state index contributed by atoms with van der Waals surface area (Å²) in [5.41, 5.74) is 2.79. The van der Waals surface area contributed by atoms with Gasteiger partial charge in [-0.15, -0.1) is 0 Å². The van der Waals surface area contributed by atoms with Gasteiger partial charge < -0.3 is 5.32 Å². The third-order valence-corrected chi connectivity index (χ3v) is 2.06. The van der Waals surface area contributed by atoms with E-state index in [-0.39, 0.29) is 0 Å². The van der Waals surface area contributed by atoms with Crippen molar-refractivity contribution in [2.24, 2.45) is 4.99 Å². The molecule has 1 N–H and O–H groups in total. The van der Waals surface area contributed by atoms with Gasteiger partial charge in [-0.1, -0.05) is 6.08 Å². The second kappa shape index (κ2) is 2.54. The lowest BCUT2D eigenvalue weighted by atomic mass is 9.99. The number of hydrogen-bond acceptors (Lipinski definition) is 2. The molecule has 0 aromatic carbocycles.